The summed E-state index contributed by atoms with van der Waals surface area (Å²) in [6, 6.07) is 7.49. The van der Waals surface area contributed by atoms with Gasteiger partial charge < -0.3 is 25.5 Å². The van der Waals surface area contributed by atoms with E-state index in [2.05, 4.69) is 33.7 Å². The summed E-state index contributed by atoms with van der Waals surface area (Å²) in [5.74, 6) is -1.67. The molecule has 2 amide bonds. The number of rotatable bonds is 2. The van der Waals surface area contributed by atoms with Gasteiger partial charge in [0.1, 0.15) is 11.6 Å². The fourth-order valence-electron chi connectivity index (χ4n) is 5.96. The first-order valence-corrected chi connectivity index (χ1v) is 13.9. The molecular weight excluding hydrogens is 488 g/mol. The summed E-state index contributed by atoms with van der Waals surface area (Å²) in [5, 5.41) is 16.8. The van der Waals surface area contributed by atoms with E-state index in [9.17, 15) is 19.5 Å². The molecular formula is C28H36N4O4S. The second-order valence-corrected chi connectivity index (χ2v) is 11.2. The van der Waals surface area contributed by atoms with Gasteiger partial charge in [-0.25, -0.2) is 4.79 Å². The molecule has 1 saturated carbocycles. The molecule has 0 radical (unpaired) electrons. The van der Waals surface area contributed by atoms with Crippen LogP contribution in [-0.2, 0) is 27.3 Å². The number of nitrogens with one attached hydrogen (secondary N) is 2. The summed E-state index contributed by atoms with van der Waals surface area (Å²) in [6.07, 6.45) is 10.8. The van der Waals surface area contributed by atoms with Crippen molar-refractivity contribution in [1.29, 1.82) is 0 Å². The van der Waals surface area contributed by atoms with Crippen LogP contribution in [0.3, 0.4) is 0 Å². The third-order valence-corrected chi connectivity index (χ3v) is 8.67. The summed E-state index contributed by atoms with van der Waals surface area (Å²) >= 11 is 5.74. The topological polar surface area (TPSA) is 102 Å². The average molecular weight is 525 g/mol. The van der Waals surface area contributed by atoms with Gasteiger partial charge in [0.15, 0.2) is 5.11 Å². The number of hydrogen-bond acceptors (Lipinski definition) is 4. The maximum atomic E-state index is 13.4. The zero-order valence-corrected chi connectivity index (χ0v) is 22.0. The van der Waals surface area contributed by atoms with Crippen LogP contribution in [0, 0.1) is 5.92 Å². The first-order chi connectivity index (χ1) is 17.9. The fraction of sp³-hybridized carbons (Fsp3) is 0.571. The Morgan fingerprint density at radius 2 is 1.89 bits per heavy atom. The highest BCUT2D eigenvalue weighted by atomic mass is 32.1. The van der Waals surface area contributed by atoms with Crippen LogP contribution in [0.4, 0.5) is 0 Å². The number of fused-ring (bicyclic) bond motifs is 3. The molecule has 0 bridgehead atoms. The normalized spacial score (nSPS) is 31.1. The zero-order chi connectivity index (χ0) is 26.0. The highest BCUT2D eigenvalue weighted by Crippen LogP contribution is 2.45. The maximum Gasteiger partial charge on any atom is 0.330 e. The lowest BCUT2D eigenvalue weighted by Gasteiger charge is -2.32. The molecule has 1 aromatic carbocycles. The molecule has 1 saturated heterocycles. The number of carboxylic acids is 1. The van der Waals surface area contributed by atoms with Gasteiger partial charge in [-0.2, -0.15) is 0 Å². The fourth-order valence-corrected chi connectivity index (χ4v) is 6.28. The molecule has 3 heterocycles. The van der Waals surface area contributed by atoms with Crippen LogP contribution < -0.4 is 10.6 Å². The van der Waals surface area contributed by atoms with Crippen molar-refractivity contribution >= 4 is 35.1 Å². The highest BCUT2D eigenvalue weighted by Gasteiger charge is 2.61. The summed E-state index contributed by atoms with van der Waals surface area (Å²) in [6.45, 7) is 1.93. The Morgan fingerprint density at radius 1 is 1.11 bits per heavy atom. The minimum absolute atomic E-state index is 0.0491. The molecule has 3 aliphatic heterocycles. The van der Waals surface area contributed by atoms with E-state index in [-0.39, 0.29) is 23.8 Å². The molecule has 1 aliphatic carbocycles. The predicted octanol–water partition coefficient (Wildman–Crippen LogP) is 2.76. The lowest BCUT2D eigenvalue weighted by molar-refractivity contribution is -0.145. The third kappa shape index (κ3) is 5.51. The number of aliphatic carboxylic acids is 1. The van der Waals surface area contributed by atoms with E-state index >= 15 is 0 Å². The van der Waals surface area contributed by atoms with E-state index in [0.29, 0.717) is 30.9 Å². The maximum absolute atomic E-state index is 13.4. The Morgan fingerprint density at radius 3 is 2.70 bits per heavy atom. The van der Waals surface area contributed by atoms with Gasteiger partial charge in [0, 0.05) is 38.0 Å². The first kappa shape index (κ1) is 25.7. The van der Waals surface area contributed by atoms with E-state index in [0.717, 1.165) is 51.6 Å². The SMILES string of the molecule is O=C1N[C@]2(C(=O)O)C[C@H]2/C=C\CCCCCCC(=O)N2C[C@H](NC(=S)N3CCc4ccccc4C3)C[C@@H]12. The number of nitrogens with zero attached hydrogens (tertiary/aromatic N) is 2. The molecule has 0 unspecified atom stereocenters. The van der Waals surface area contributed by atoms with Gasteiger partial charge in [0.25, 0.3) is 0 Å². The molecule has 198 valence electrons. The summed E-state index contributed by atoms with van der Waals surface area (Å²) in [7, 11) is 0. The van der Waals surface area contributed by atoms with E-state index in [4.69, 9.17) is 12.2 Å². The van der Waals surface area contributed by atoms with Gasteiger partial charge in [-0.3, -0.25) is 9.59 Å². The van der Waals surface area contributed by atoms with E-state index in [1.165, 1.54) is 11.1 Å². The van der Waals surface area contributed by atoms with Crippen LogP contribution in [0.15, 0.2) is 36.4 Å². The lowest BCUT2D eigenvalue weighted by atomic mass is 10.0. The van der Waals surface area contributed by atoms with Crippen LogP contribution in [0.25, 0.3) is 0 Å². The minimum atomic E-state index is -1.27. The molecule has 0 spiro atoms. The van der Waals surface area contributed by atoms with Gasteiger partial charge >= 0.3 is 5.97 Å². The van der Waals surface area contributed by atoms with E-state index in [1.54, 1.807) is 4.90 Å². The van der Waals surface area contributed by atoms with Gasteiger partial charge in [0.2, 0.25) is 11.8 Å². The Balaban J connectivity index is 1.28. The van der Waals surface area contributed by atoms with Crippen molar-refractivity contribution in [2.75, 3.05) is 13.1 Å². The van der Waals surface area contributed by atoms with Gasteiger partial charge in [-0.05, 0) is 61.9 Å². The number of carboxylic acid groups (broad SMARTS) is 1. The molecule has 2 fully saturated rings. The van der Waals surface area contributed by atoms with Crippen LogP contribution in [0.5, 0.6) is 0 Å². The molecule has 9 heteroatoms. The van der Waals surface area contributed by atoms with Crippen LogP contribution in [-0.4, -0.2) is 68.5 Å². The quantitative estimate of drug-likeness (QED) is 0.404. The number of carbonyl (C=O) groups is 3. The Labute approximate surface area is 223 Å². The largest absolute Gasteiger partial charge is 0.479 e. The Hall–Kier alpha value is -2.94. The Kier molecular flexibility index (Phi) is 7.51. The van der Waals surface area contributed by atoms with Crippen molar-refractivity contribution < 1.29 is 19.5 Å². The molecule has 4 atom stereocenters. The number of allylic oxidation sites excluding steroid dienone is 1. The minimum Gasteiger partial charge on any atom is -0.479 e. The van der Waals surface area contributed by atoms with Crippen molar-refractivity contribution in [3.63, 3.8) is 0 Å². The van der Waals surface area contributed by atoms with Crippen LogP contribution in [0.1, 0.15) is 62.5 Å². The summed E-state index contributed by atoms with van der Waals surface area (Å²) < 4.78 is 0. The van der Waals surface area contributed by atoms with Crippen molar-refractivity contribution in [3.05, 3.63) is 47.5 Å². The molecule has 5 rings (SSSR count). The zero-order valence-electron chi connectivity index (χ0n) is 21.2. The highest BCUT2D eigenvalue weighted by molar-refractivity contribution is 7.80. The standard InChI is InChI=1S/C28H36N4O4S/c33-24-12-6-4-2-1-3-5-11-21-16-28(21,26(35)36)30-25(34)23-15-22(18-32(23)24)29-27(37)31-14-13-19-9-7-8-10-20(19)17-31/h5,7-11,21-23H,1-4,6,12-18H2,(H,29,37)(H,30,34)(H,35,36)/b11-5-/t21-,22-,23+,28-/m1/s1. The molecule has 0 aromatic heterocycles. The monoisotopic (exact) mass is 524 g/mol. The summed E-state index contributed by atoms with van der Waals surface area (Å²) in [4.78, 5) is 42.5. The van der Waals surface area contributed by atoms with Crippen molar-refractivity contribution in [3.8, 4) is 0 Å². The Bertz CT molecular complexity index is 1110. The number of hydrogen-bond donors (Lipinski definition) is 3. The average Bonchev–Trinajstić information content (AvgIpc) is 3.42. The number of benzene rings is 1. The van der Waals surface area contributed by atoms with E-state index in [1.807, 2.05) is 18.2 Å². The lowest BCUT2D eigenvalue weighted by Crippen LogP contribution is -2.53. The second-order valence-electron chi connectivity index (χ2n) is 10.8. The predicted molar refractivity (Wildman–Crippen MR) is 144 cm³/mol. The number of thiocarbonyl (C=S) groups is 1. The smallest absolute Gasteiger partial charge is 0.330 e. The summed E-state index contributed by atoms with van der Waals surface area (Å²) in [5.41, 5.74) is 1.33. The molecule has 4 aliphatic rings. The van der Waals surface area contributed by atoms with Crippen LogP contribution in [0.2, 0.25) is 0 Å². The van der Waals surface area contributed by atoms with Crippen LogP contribution >= 0.6 is 12.2 Å². The van der Waals surface area contributed by atoms with Gasteiger partial charge in [0.05, 0.1) is 0 Å². The third-order valence-electron chi connectivity index (χ3n) is 8.29. The molecule has 8 nitrogen and oxygen atoms in total. The van der Waals surface area contributed by atoms with Gasteiger partial charge in [-0.15, -0.1) is 0 Å². The molecule has 1 aromatic rings. The number of carbonyl (C=O) groups excluding carboxylic acids is 2. The van der Waals surface area contributed by atoms with Crippen molar-refractivity contribution in [2.24, 2.45) is 5.92 Å². The van der Waals surface area contributed by atoms with Gasteiger partial charge in [-0.1, -0.05) is 49.3 Å². The van der Waals surface area contributed by atoms with Crippen molar-refractivity contribution in [1.82, 2.24) is 20.4 Å². The molecule has 37 heavy (non-hydrogen) atoms. The number of amides is 2. The second kappa shape index (κ2) is 10.8. The van der Waals surface area contributed by atoms with Crippen molar-refractivity contribution in [2.45, 2.75) is 82.0 Å². The first-order valence-electron chi connectivity index (χ1n) is 13.5. The van der Waals surface area contributed by atoms with E-state index < -0.39 is 17.6 Å². The molecule has 3 N–H and O–H groups in total.